The lowest BCUT2D eigenvalue weighted by atomic mass is 10.1. The Morgan fingerprint density at radius 1 is 1.44 bits per heavy atom. The van der Waals surface area contributed by atoms with Crippen LogP contribution in [0.25, 0.3) is 0 Å². The molecule has 0 bridgehead atoms. The molecule has 1 unspecified atom stereocenters. The smallest absolute Gasteiger partial charge is 0.232 e. The number of nitrogens with one attached hydrogen (secondary N) is 1. The van der Waals surface area contributed by atoms with Crippen molar-refractivity contribution in [2.45, 2.75) is 25.3 Å². The minimum Gasteiger partial charge on any atom is -0.480 e. The quantitative estimate of drug-likeness (QED) is 0.922. The Hall–Kier alpha value is -0.880. The Bertz CT molecular complexity index is 394. The molecule has 0 amide bonds. The van der Waals surface area contributed by atoms with Gasteiger partial charge < -0.3 is 15.0 Å². The molecule has 1 atom stereocenters. The third kappa shape index (κ3) is 3.11. The number of hydrogen-bond acceptors (Lipinski definition) is 5. The molecule has 1 fully saturated rings. The maximum Gasteiger partial charge on any atom is 0.232 e. The molecule has 6 heteroatoms. The van der Waals surface area contributed by atoms with Gasteiger partial charge in [0.15, 0.2) is 0 Å². The molecule has 18 heavy (non-hydrogen) atoms. The maximum absolute atomic E-state index is 5.21. The second kappa shape index (κ2) is 6.33. The average molecular weight is 315 g/mol. The fraction of sp³-hybridized carbons (Fsp3) is 0.667. The van der Waals surface area contributed by atoms with Gasteiger partial charge in [-0.15, -0.1) is 0 Å². The molecule has 1 aromatic rings. The zero-order valence-corrected chi connectivity index (χ0v) is 12.4. The van der Waals surface area contributed by atoms with Crippen LogP contribution in [0.5, 0.6) is 5.88 Å². The molecule has 2 heterocycles. The molecule has 100 valence electrons. The van der Waals surface area contributed by atoms with Gasteiger partial charge in [0.05, 0.1) is 17.8 Å². The normalized spacial score (nSPS) is 20.3. The van der Waals surface area contributed by atoms with Gasteiger partial charge in [-0.05, 0) is 48.3 Å². The monoisotopic (exact) mass is 314 g/mol. The first-order valence-corrected chi connectivity index (χ1v) is 7.01. The summed E-state index contributed by atoms with van der Waals surface area (Å²) in [5.41, 5.74) is 0. The van der Waals surface area contributed by atoms with Gasteiger partial charge in [-0.3, -0.25) is 0 Å². The number of anilines is 1. The van der Waals surface area contributed by atoms with E-state index in [4.69, 9.17) is 4.74 Å². The molecule has 2 rings (SSSR count). The van der Waals surface area contributed by atoms with E-state index in [1.54, 1.807) is 13.3 Å². The summed E-state index contributed by atoms with van der Waals surface area (Å²) in [6, 6.07) is 0.492. The van der Waals surface area contributed by atoms with E-state index < -0.39 is 0 Å². The summed E-state index contributed by atoms with van der Waals surface area (Å²) in [6.07, 6.45) is 5.23. The summed E-state index contributed by atoms with van der Waals surface area (Å²) in [5.74, 6) is 1.31. The largest absolute Gasteiger partial charge is 0.480 e. The predicted octanol–water partition coefficient (Wildman–Crippen LogP) is 1.83. The average Bonchev–Trinajstić information content (AvgIpc) is 2.67. The highest BCUT2D eigenvalue weighted by Gasteiger charge is 2.19. The number of methoxy groups -OCH3 is 1. The molecule has 0 spiro atoms. The third-order valence-electron chi connectivity index (χ3n) is 3.30. The van der Waals surface area contributed by atoms with E-state index in [9.17, 15) is 0 Å². The van der Waals surface area contributed by atoms with E-state index >= 15 is 0 Å². The minimum absolute atomic E-state index is 0.492. The number of rotatable bonds is 3. The van der Waals surface area contributed by atoms with E-state index in [1.165, 1.54) is 12.8 Å². The Balaban J connectivity index is 2.13. The van der Waals surface area contributed by atoms with Crippen molar-refractivity contribution in [2.75, 3.05) is 32.1 Å². The van der Waals surface area contributed by atoms with Gasteiger partial charge >= 0.3 is 0 Å². The topological polar surface area (TPSA) is 50.3 Å². The minimum atomic E-state index is 0.492. The lowest BCUT2D eigenvalue weighted by Gasteiger charge is -2.27. The van der Waals surface area contributed by atoms with E-state index in [0.29, 0.717) is 11.9 Å². The van der Waals surface area contributed by atoms with Crippen LogP contribution in [0.1, 0.15) is 19.3 Å². The van der Waals surface area contributed by atoms with Crippen LogP contribution < -0.4 is 15.0 Å². The standard InChI is InChI=1S/C12H19BrN4O/c1-17(9-4-3-6-14-7-5-9)12-15-8-10(13)11(16-12)18-2/h8-9,14H,3-7H2,1-2H3. The van der Waals surface area contributed by atoms with Crippen molar-refractivity contribution >= 4 is 21.9 Å². The van der Waals surface area contributed by atoms with E-state index in [0.717, 1.165) is 29.9 Å². The van der Waals surface area contributed by atoms with Crippen molar-refractivity contribution in [3.05, 3.63) is 10.7 Å². The summed E-state index contributed by atoms with van der Waals surface area (Å²) in [7, 11) is 3.67. The van der Waals surface area contributed by atoms with Crippen LogP contribution in [0, 0.1) is 0 Å². The van der Waals surface area contributed by atoms with Crippen LogP contribution in [-0.2, 0) is 0 Å². The summed E-state index contributed by atoms with van der Waals surface area (Å²) < 4.78 is 5.99. The molecule has 1 aliphatic heterocycles. The zero-order valence-electron chi connectivity index (χ0n) is 10.8. The summed E-state index contributed by atoms with van der Waals surface area (Å²) in [5, 5.41) is 3.42. The Labute approximate surface area is 116 Å². The molecule has 0 aliphatic carbocycles. The molecule has 1 aromatic heterocycles. The maximum atomic E-state index is 5.21. The molecule has 1 N–H and O–H groups in total. The van der Waals surface area contributed by atoms with Gasteiger partial charge in [0.1, 0.15) is 0 Å². The Kier molecular flexibility index (Phi) is 4.77. The number of halogens is 1. The lowest BCUT2D eigenvalue weighted by molar-refractivity contribution is 0.393. The molecule has 1 saturated heterocycles. The van der Waals surface area contributed by atoms with Crippen LogP contribution in [-0.4, -0.2) is 43.3 Å². The van der Waals surface area contributed by atoms with Crippen molar-refractivity contribution in [1.82, 2.24) is 15.3 Å². The molecule has 0 radical (unpaired) electrons. The SMILES string of the molecule is COc1nc(N(C)C2CCCNCC2)ncc1Br. The highest BCUT2D eigenvalue weighted by molar-refractivity contribution is 9.10. The van der Waals surface area contributed by atoms with Crippen LogP contribution in [0.3, 0.4) is 0 Å². The fourth-order valence-corrected chi connectivity index (χ4v) is 2.56. The lowest BCUT2D eigenvalue weighted by Crippen LogP contribution is -2.33. The number of ether oxygens (including phenoxy) is 1. The van der Waals surface area contributed by atoms with Gasteiger partial charge in [-0.2, -0.15) is 4.98 Å². The molecular formula is C12H19BrN4O. The highest BCUT2D eigenvalue weighted by atomic mass is 79.9. The van der Waals surface area contributed by atoms with Crippen LogP contribution in [0.15, 0.2) is 10.7 Å². The first kappa shape index (κ1) is 13.5. The number of hydrogen-bond donors (Lipinski definition) is 1. The van der Waals surface area contributed by atoms with Crippen molar-refractivity contribution < 1.29 is 4.74 Å². The first-order chi connectivity index (χ1) is 8.72. The zero-order chi connectivity index (χ0) is 13.0. The summed E-state index contributed by atoms with van der Waals surface area (Å²) in [6.45, 7) is 2.16. The summed E-state index contributed by atoms with van der Waals surface area (Å²) in [4.78, 5) is 10.9. The van der Waals surface area contributed by atoms with Gasteiger partial charge in [-0.1, -0.05) is 0 Å². The Morgan fingerprint density at radius 2 is 2.28 bits per heavy atom. The molecule has 1 aliphatic rings. The van der Waals surface area contributed by atoms with Crippen LogP contribution >= 0.6 is 15.9 Å². The van der Waals surface area contributed by atoms with Gasteiger partial charge in [0, 0.05) is 13.1 Å². The van der Waals surface area contributed by atoms with Gasteiger partial charge in [-0.25, -0.2) is 4.98 Å². The number of aromatic nitrogens is 2. The fourth-order valence-electron chi connectivity index (χ4n) is 2.21. The van der Waals surface area contributed by atoms with E-state index in [-0.39, 0.29) is 0 Å². The Morgan fingerprint density at radius 3 is 3.06 bits per heavy atom. The molecule has 0 aromatic carbocycles. The summed E-state index contributed by atoms with van der Waals surface area (Å²) >= 11 is 3.37. The molecular weight excluding hydrogens is 296 g/mol. The van der Waals surface area contributed by atoms with E-state index in [1.807, 2.05) is 0 Å². The first-order valence-electron chi connectivity index (χ1n) is 6.22. The van der Waals surface area contributed by atoms with Crippen molar-refractivity contribution in [3.63, 3.8) is 0 Å². The van der Waals surface area contributed by atoms with E-state index in [2.05, 4.69) is 43.2 Å². The highest BCUT2D eigenvalue weighted by Crippen LogP contribution is 2.25. The third-order valence-corrected chi connectivity index (χ3v) is 3.84. The van der Waals surface area contributed by atoms with Crippen LogP contribution in [0.4, 0.5) is 5.95 Å². The van der Waals surface area contributed by atoms with Crippen molar-refractivity contribution in [2.24, 2.45) is 0 Å². The van der Waals surface area contributed by atoms with Gasteiger partial charge in [0.2, 0.25) is 11.8 Å². The van der Waals surface area contributed by atoms with Crippen molar-refractivity contribution in [1.29, 1.82) is 0 Å². The van der Waals surface area contributed by atoms with Crippen molar-refractivity contribution in [3.8, 4) is 5.88 Å². The predicted molar refractivity (Wildman–Crippen MR) is 75.2 cm³/mol. The van der Waals surface area contributed by atoms with Gasteiger partial charge in [0.25, 0.3) is 0 Å². The molecule has 5 nitrogen and oxygen atoms in total. The van der Waals surface area contributed by atoms with Crippen LogP contribution in [0.2, 0.25) is 0 Å². The second-order valence-corrected chi connectivity index (χ2v) is 5.33. The second-order valence-electron chi connectivity index (χ2n) is 4.47. The molecule has 0 saturated carbocycles. The number of nitrogens with zero attached hydrogens (tertiary/aromatic N) is 3.